The summed E-state index contributed by atoms with van der Waals surface area (Å²) in [6.07, 6.45) is 1.06. The summed E-state index contributed by atoms with van der Waals surface area (Å²) >= 11 is 0. The summed E-state index contributed by atoms with van der Waals surface area (Å²) < 4.78 is 31.1. The molecule has 0 aromatic heterocycles. The van der Waals surface area contributed by atoms with E-state index in [2.05, 4.69) is 36.4 Å². The minimum Gasteiger partial charge on any atom is -0.258 e. The van der Waals surface area contributed by atoms with Gasteiger partial charge in [-0.25, -0.2) is 0 Å². The van der Waals surface area contributed by atoms with Crippen LogP contribution in [0.25, 0.3) is 21.5 Å². The maximum absolute atomic E-state index is 12.7. The number of hydrogen-bond acceptors (Lipinski definition) is 3. The van der Waals surface area contributed by atoms with Gasteiger partial charge < -0.3 is 0 Å². The van der Waals surface area contributed by atoms with Crippen molar-refractivity contribution in [2.24, 2.45) is 0 Å². The van der Waals surface area contributed by atoms with E-state index in [0.29, 0.717) is 6.42 Å². The van der Waals surface area contributed by atoms with Crippen LogP contribution in [-0.4, -0.2) is 8.42 Å². The summed E-state index contributed by atoms with van der Waals surface area (Å²) in [5.41, 5.74) is 3.20. The first-order chi connectivity index (χ1) is 13.5. The van der Waals surface area contributed by atoms with E-state index in [9.17, 15) is 8.42 Å². The summed E-state index contributed by atoms with van der Waals surface area (Å²) in [6, 6.07) is 23.5. The van der Waals surface area contributed by atoms with Gasteiger partial charge in [0.05, 0.1) is 4.90 Å². The highest BCUT2D eigenvalue weighted by Gasteiger charge is 2.30. The predicted molar refractivity (Wildman–Crippen MR) is 112 cm³/mol. The maximum atomic E-state index is 12.7. The largest absolute Gasteiger partial charge is 0.297 e. The monoisotopic (exact) mass is 388 g/mol. The van der Waals surface area contributed by atoms with Gasteiger partial charge in [0.1, 0.15) is 6.10 Å². The summed E-state index contributed by atoms with van der Waals surface area (Å²) in [4.78, 5) is 0.207. The molecule has 0 radical (unpaired) electrons. The van der Waals surface area contributed by atoms with Gasteiger partial charge in [-0.15, -0.1) is 0 Å². The van der Waals surface area contributed by atoms with Crippen molar-refractivity contribution in [3.8, 4) is 0 Å². The van der Waals surface area contributed by atoms with E-state index in [1.807, 2.05) is 19.1 Å². The molecule has 1 atom stereocenters. The van der Waals surface area contributed by atoms with E-state index in [4.69, 9.17) is 4.18 Å². The van der Waals surface area contributed by atoms with Crippen molar-refractivity contribution in [2.45, 2.75) is 30.8 Å². The van der Waals surface area contributed by atoms with Crippen LogP contribution in [0.3, 0.4) is 0 Å². The Kier molecular flexibility index (Phi) is 4.00. The second-order valence-corrected chi connectivity index (χ2v) is 8.98. The summed E-state index contributed by atoms with van der Waals surface area (Å²) in [7, 11) is -3.79. The highest BCUT2D eigenvalue weighted by Crippen LogP contribution is 2.41. The molecule has 28 heavy (non-hydrogen) atoms. The predicted octanol–water partition coefficient (Wildman–Crippen LogP) is 5.69. The SMILES string of the molecule is Cc1ccc(S(=O)(=O)OC2CCc3c2ccc2c3ccc3ccccc32)cc1. The van der Waals surface area contributed by atoms with E-state index in [1.165, 1.54) is 27.1 Å². The Bertz CT molecular complexity index is 1310. The molecule has 4 aromatic rings. The lowest BCUT2D eigenvalue weighted by Crippen LogP contribution is -2.10. The zero-order chi connectivity index (χ0) is 19.3. The molecule has 4 aromatic carbocycles. The van der Waals surface area contributed by atoms with Crippen molar-refractivity contribution in [3.05, 3.63) is 89.5 Å². The summed E-state index contributed by atoms with van der Waals surface area (Å²) in [6.45, 7) is 1.93. The molecule has 1 aliphatic rings. The normalized spacial score (nSPS) is 16.5. The Morgan fingerprint density at radius 2 is 1.57 bits per heavy atom. The molecule has 5 rings (SSSR count). The third-order valence-corrected chi connectivity index (χ3v) is 6.96. The molecule has 140 valence electrons. The Balaban J connectivity index is 1.55. The number of fused-ring (bicyclic) bond motifs is 5. The molecule has 0 N–H and O–H groups in total. The second kappa shape index (κ2) is 6.43. The molecule has 0 fully saturated rings. The van der Waals surface area contributed by atoms with Gasteiger partial charge in [-0.1, -0.05) is 66.2 Å². The topological polar surface area (TPSA) is 43.4 Å². The van der Waals surface area contributed by atoms with Gasteiger partial charge in [-0.2, -0.15) is 8.42 Å². The van der Waals surface area contributed by atoms with Gasteiger partial charge in [-0.3, -0.25) is 4.18 Å². The molecule has 0 spiro atoms. The van der Waals surface area contributed by atoms with Gasteiger partial charge in [0, 0.05) is 0 Å². The van der Waals surface area contributed by atoms with E-state index in [0.717, 1.165) is 17.5 Å². The fourth-order valence-corrected chi connectivity index (χ4v) is 5.28. The highest BCUT2D eigenvalue weighted by atomic mass is 32.2. The van der Waals surface area contributed by atoms with Crippen LogP contribution in [0, 0.1) is 6.92 Å². The van der Waals surface area contributed by atoms with Crippen LogP contribution < -0.4 is 0 Å². The average Bonchev–Trinajstić information content (AvgIpc) is 3.10. The number of benzene rings is 4. The summed E-state index contributed by atoms with van der Waals surface area (Å²) in [5, 5.41) is 4.83. The van der Waals surface area contributed by atoms with Crippen LogP contribution >= 0.6 is 0 Å². The first-order valence-corrected chi connectivity index (χ1v) is 10.9. The minimum atomic E-state index is -3.79. The second-order valence-electron chi connectivity index (χ2n) is 7.41. The molecular weight excluding hydrogens is 368 g/mol. The molecule has 1 unspecified atom stereocenters. The lowest BCUT2D eigenvalue weighted by Gasteiger charge is -2.14. The fraction of sp³-hybridized carbons (Fsp3) is 0.167. The van der Waals surface area contributed by atoms with E-state index in [-0.39, 0.29) is 4.90 Å². The van der Waals surface area contributed by atoms with E-state index in [1.54, 1.807) is 24.3 Å². The van der Waals surface area contributed by atoms with Crippen molar-refractivity contribution in [3.63, 3.8) is 0 Å². The first kappa shape index (κ1) is 17.4. The smallest absolute Gasteiger partial charge is 0.258 e. The Morgan fingerprint density at radius 3 is 2.39 bits per heavy atom. The van der Waals surface area contributed by atoms with Gasteiger partial charge >= 0.3 is 0 Å². The molecule has 0 bridgehead atoms. The third kappa shape index (κ3) is 2.81. The van der Waals surface area contributed by atoms with Crippen molar-refractivity contribution in [1.82, 2.24) is 0 Å². The zero-order valence-corrected chi connectivity index (χ0v) is 16.4. The van der Waals surface area contributed by atoms with E-state index < -0.39 is 16.2 Å². The first-order valence-electron chi connectivity index (χ1n) is 9.46. The fourth-order valence-electron chi connectivity index (χ4n) is 4.19. The standard InChI is InChI=1S/C24H20O3S/c1-16-6-9-18(10-7-16)28(25,26)27-24-15-14-22-21-11-8-17-4-2-3-5-19(17)20(21)12-13-23(22)24/h2-13,24H,14-15H2,1H3. The highest BCUT2D eigenvalue weighted by molar-refractivity contribution is 7.86. The van der Waals surface area contributed by atoms with Crippen LogP contribution in [0.1, 0.15) is 29.2 Å². The minimum absolute atomic E-state index is 0.207. The molecule has 4 heteroatoms. The Morgan fingerprint density at radius 1 is 0.821 bits per heavy atom. The third-order valence-electron chi connectivity index (χ3n) is 5.63. The number of rotatable bonds is 3. The van der Waals surface area contributed by atoms with E-state index >= 15 is 0 Å². The number of aryl methyl sites for hydroxylation is 2. The van der Waals surface area contributed by atoms with Crippen molar-refractivity contribution < 1.29 is 12.6 Å². The molecular formula is C24H20O3S. The van der Waals surface area contributed by atoms with Crippen LogP contribution in [-0.2, 0) is 20.7 Å². The Labute approximate surface area is 164 Å². The molecule has 0 heterocycles. The van der Waals surface area contributed by atoms with Gasteiger partial charge in [-0.05, 0) is 64.6 Å². The molecule has 0 saturated heterocycles. The molecule has 0 amide bonds. The number of hydrogen-bond donors (Lipinski definition) is 0. The quantitative estimate of drug-likeness (QED) is 0.334. The van der Waals surface area contributed by atoms with Crippen LogP contribution in [0.5, 0.6) is 0 Å². The Hall–Kier alpha value is -2.69. The van der Waals surface area contributed by atoms with Crippen LogP contribution in [0.4, 0.5) is 0 Å². The lowest BCUT2D eigenvalue weighted by molar-refractivity contribution is 0.215. The van der Waals surface area contributed by atoms with Crippen molar-refractivity contribution in [2.75, 3.05) is 0 Å². The lowest BCUT2D eigenvalue weighted by atomic mass is 9.96. The summed E-state index contributed by atoms with van der Waals surface area (Å²) in [5.74, 6) is 0. The average molecular weight is 388 g/mol. The van der Waals surface area contributed by atoms with Crippen LogP contribution in [0.2, 0.25) is 0 Å². The van der Waals surface area contributed by atoms with Gasteiger partial charge in [0.2, 0.25) is 0 Å². The molecule has 0 saturated carbocycles. The van der Waals surface area contributed by atoms with Gasteiger partial charge in [0.25, 0.3) is 10.1 Å². The van der Waals surface area contributed by atoms with Crippen molar-refractivity contribution in [1.29, 1.82) is 0 Å². The molecule has 0 aliphatic heterocycles. The van der Waals surface area contributed by atoms with Crippen molar-refractivity contribution >= 4 is 31.7 Å². The zero-order valence-electron chi connectivity index (χ0n) is 15.6. The van der Waals surface area contributed by atoms with Crippen LogP contribution in [0.15, 0.2) is 77.7 Å². The molecule has 1 aliphatic carbocycles. The maximum Gasteiger partial charge on any atom is 0.297 e. The van der Waals surface area contributed by atoms with Gasteiger partial charge in [0.15, 0.2) is 0 Å². The molecule has 3 nitrogen and oxygen atoms in total.